The van der Waals surface area contributed by atoms with E-state index < -0.39 is 0 Å². The smallest absolute Gasteiger partial charge is 0.243 e. The van der Waals surface area contributed by atoms with Gasteiger partial charge >= 0.3 is 0 Å². The summed E-state index contributed by atoms with van der Waals surface area (Å²) in [4.78, 5) is 17.6. The third-order valence-corrected chi connectivity index (χ3v) is 4.51. The van der Waals surface area contributed by atoms with Crippen molar-refractivity contribution in [2.24, 2.45) is 4.99 Å². The van der Waals surface area contributed by atoms with Crippen LogP contribution in [0.5, 0.6) is 0 Å². The maximum atomic E-state index is 11.7. The summed E-state index contributed by atoms with van der Waals surface area (Å²) < 4.78 is 0. The monoisotopic (exact) mass is 348 g/mol. The Morgan fingerprint density at radius 3 is 2.67 bits per heavy atom. The predicted octanol–water partition coefficient (Wildman–Crippen LogP) is 2.18. The first kappa shape index (κ1) is 18.3. The first-order chi connectivity index (χ1) is 11.5. The molecule has 1 aliphatic carbocycles. The normalized spacial score (nSPS) is 15.5. The molecule has 1 fully saturated rings. The van der Waals surface area contributed by atoms with E-state index in [0.717, 1.165) is 24.4 Å². The van der Waals surface area contributed by atoms with Crippen molar-refractivity contribution in [1.82, 2.24) is 15.5 Å². The van der Waals surface area contributed by atoms with E-state index in [1.807, 2.05) is 18.2 Å². The van der Waals surface area contributed by atoms with Gasteiger partial charge in [-0.2, -0.15) is 0 Å². The zero-order valence-corrected chi connectivity index (χ0v) is 15.1. The second kappa shape index (κ2) is 8.20. The zero-order chi connectivity index (χ0) is 17.6. The Bertz CT molecular complexity index is 623. The van der Waals surface area contributed by atoms with Crippen molar-refractivity contribution < 1.29 is 4.79 Å². The summed E-state index contributed by atoms with van der Waals surface area (Å²) in [6.45, 7) is 5.12. The molecule has 0 spiro atoms. The van der Waals surface area contributed by atoms with Gasteiger partial charge in [0, 0.05) is 37.6 Å². The number of halogens is 1. The standard InChI is InChI=1S/C18H25ClN4O/c1-4-11-20-17(21-12-16(24)23(2)3)22-13-18(9-10-18)14-7-5-6-8-15(14)19/h4-8H,1,9-13H2,2-3H3,(H2,20,21,22). The van der Waals surface area contributed by atoms with Crippen molar-refractivity contribution in [3.63, 3.8) is 0 Å². The van der Waals surface area contributed by atoms with Crippen LogP contribution in [0.25, 0.3) is 0 Å². The van der Waals surface area contributed by atoms with Crippen molar-refractivity contribution in [2.45, 2.75) is 18.3 Å². The van der Waals surface area contributed by atoms with Crippen LogP contribution in [0.2, 0.25) is 5.02 Å². The van der Waals surface area contributed by atoms with Crippen LogP contribution in [-0.4, -0.2) is 50.5 Å². The first-order valence-electron chi connectivity index (χ1n) is 8.07. The average molecular weight is 349 g/mol. The fourth-order valence-electron chi connectivity index (χ4n) is 2.47. The van der Waals surface area contributed by atoms with Gasteiger partial charge < -0.3 is 15.5 Å². The number of benzene rings is 1. The number of nitrogens with zero attached hydrogens (tertiary/aromatic N) is 2. The van der Waals surface area contributed by atoms with Gasteiger partial charge in [-0.25, -0.2) is 4.99 Å². The number of amides is 1. The minimum absolute atomic E-state index is 0.0399. The summed E-state index contributed by atoms with van der Waals surface area (Å²) in [5, 5.41) is 7.29. The van der Waals surface area contributed by atoms with E-state index in [1.54, 1.807) is 20.2 Å². The maximum absolute atomic E-state index is 11.7. The highest BCUT2D eigenvalue weighted by atomic mass is 35.5. The summed E-state index contributed by atoms with van der Waals surface area (Å²) in [6, 6.07) is 7.97. The van der Waals surface area contributed by atoms with Gasteiger partial charge in [-0.15, -0.1) is 6.58 Å². The van der Waals surface area contributed by atoms with Gasteiger partial charge in [0.15, 0.2) is 5.96 Å². The number of hydrogen-bond acceptors (Lipinski definition) is 2. The largest absolute Gasteiger partial charge is 0.355 e. The average Bonchev–Trinajstić information content (AvgIpc) is 3.35. The zero-order valence-electron chi connectivity index (χ0n) is 14.3. The molecule has 1 aliphatic rings. The molecule has 2 N–H and O–H groups in total. The molecular formula is C18H25ClN4O. The van der Waals surface area contributed by atoms with Crippen molar-refractivity contribution in [1.29, 1.82) is 0 Å². The quantitative estimate of drug-likeness (QED) is 0.451. The molecule has 0 radical (unpaired) electrons. The summed E-state index contributed by atoms with van der Waals surface area (Å²) in [7, 11) is 3.44. The molecule has 24 heavy (non-hydrogen) atoms. The van der Waals surface area contributed by atoms with Crippen LogP contribution >= 0.6 is 11.6 Å². The fourth-order valence-corrected chi connectivity index (χ4v) is 2.80. The maximum Gasteiger partial charge on any atom is 0.243 e. The SMILES string of the molecule is C=CCNC(=NCC(=O)N(C)C)NCC1(c2ccccc2Cl)CC1. The molecular weight excluding hydrogens is 324 g/mol. The highest BCUT2D eigenvalue weighted by Gasteiger charge is 2.45. The van der Waals surface area contributed by atoms with Crippen LogP contribution in [0, 0.1) is 0 Å². The van der Waals surface area contributed by atoms with E-state index in [0.29, 0.717) is 12.5 Å². The van der Waals surface area contributed by atoms with Crippen molar-refractivity contribution in [3.8, 4) is 0 Å². The number of aliphatic imine (C=N–C) groups is 1. The number of hydrogen-bond donors (Lipinski definition) is 2. The summed E-state index contributed by atoms with van der Waals surface area (Å²) >= 11 is 6.35. The Morgan fingerprint density at radius 1 is 1.38 bits per heavy atom. The van der Waals surface area contributed by atoms with Gasteiger partial charge in [-0.1, -0.05) is 35.9 Å². The molecule has 2 rings (SSSR count). The van der Waals surface area contributed by atoms with E-state index in [2.05, 4.69) is 28.3 Å². The molecule has 1 amide bonds. The highest BCUT2D eigenvalue weighted by molar-refractivity contribution is 6.31. The van der Waals surface area contributed by atoms with Crippen LogP contribution in [-0.2, 0) is 10.2 Å². The molecule has 0 aromatic heterocycles. The van der Waals surface area contributed by atoms with Gasteiger partial charge in [-0.05, 0) is 24.5 Å². The molecule has 5 nitrogen and oxygen atoms in total. The van der Waals surface area contributed by atoms with Crippen LogP contribution in [0.3, 0.4) is 0 Å². The van der Waals surface area contributed by atoms with E-state index in [9.17, 15) is 4.79 Å². The Morgan fingerprint density at radius 2 is 2.08 bits per heavy atom. The molecule has 1 aromatic rings. The summed E-state index contributed by atoms with van der Waals surface area (Å²) in [5.74, 6) is 0.574. The van der Waals surface area contributed by atoms with Crippen molar-refractivity contribution in [3.05, 3.63) is 47.5 Å². The summed E-state index contributed by atoms with van der Waals surface area (Å²) in [5.41, 5.74) is 1.23. The lowest BCUT2D eigenvalue weighted by atomic mass is 9.96. The third kappa shape index (κ3) is 4.74. The Balaban J connectivity index is 2.02. The Hall–Kier alpha value is -2.01. The van der Waals surface area contributed by atoms with Gasteiger partial charge in [0.25, 0.3) is 0 Å². The molecule has 0 bridgehead atoms. The first-order valence-corrected chi connectivity index (χ1v) is 8.44. The van der Waals surface area contributed by atoms with Crippen LogP contribution < -0.4 is 10.6 Å². The van der Waals surface area contributed by atoms with Gasteiger partial charge in [-0.3, -0.25) is 4.79 Å². The number of carbonyl (C=O) groups is 1. The number of rotatable bonds is 7. The minimum atomic E-state index is -0.0399. The van der Waals surface area contributed by atoms with Gasteiger partial charge in [0.2, 0.25) is 5.91 Å². The second-order valence-corrected chi connectivity index (χ2v) is 6.64. The molecule has 1 aromatic carbocycles. The molecule has 0 saturated heterocycles. The van der Waals surface area contributed by atoms with Gasteiger partial charge in [0.05, 0.1) is 0 Å². The van der Waals surface area contributed by atoms with Crippen LogP contribution in [0.15, 0.2) is 41.9 Å². The van der Waals surface area contributed by atoms with E-state index in [4.69, 9.17) is 11.6 Å². The number of likely N-dealkylation sites (N-methyl/N-ethyl adjacent to an activating group) is 1. The van der Waals surface area contributed by atoms with E-state index >= 15 is 0 Å². The van der Waals surface area contributed by atoms with Crippen molar-refractivity contribution >= 4 is 23.5 Å². The molecule has 0 unspecified atom stereocenters. The fraction of sp³-hybridized carbons (Fsp3) is 0.444. The lowest BCUT2D eigenvalue weighted by Gasteiger charge is -2.20. The lowest BCUT2D eigenvalue weighted by Crippen LogP contribution is -2.42. The third-order valence-electron chi connectivity index (χ3n) is 4.18. The topological polar surface area (TPSA) is 56.7 Å². The molecule has 0 atom stereocenters. The Labute approximate surface area is 148 Å². The van der Waals surface area contributed by atoms with Gasteiger partial charge in [0.1, 0.15) is 6.54 Å². The molecule has 0 aliphatic heterocycles. The van der Waals surface area contributed by atoms with E-state index in [-0.39, 0.29) is 17.9 Å². The van der Waals surface area contributed by atoms with E-state index in [1.165, 1.54) is 10.5 Å². The number of carbonyl (C=O) groups excluding carboxylic acids is 1. The lowest BCUT2D eigenvalue weighted by molar-refractivity contribution is -0.127. The molecule has 6 heteroatoms. The minimum Gasteiger partial charge on any atom is -0.355 e. The second-order valence-electron chi connectivity index (χ2n) is 6.24. The highest BCUT2D eigenvalue weighted by Crippen LogP contribution is 2.49. The molecule has 0 heterocycles. The van der Waals surface area contributed by atoms with Crippen molar-refractivity contribution in [2.75, 3.05) is 33.7 Å². The number of guanidine groups is 1. The molecule has 1 saturated carbocycles. The number of nitrogens with one attached hydrogen (secondary N) is 2. The Kier molecular flexibility index (Phi) is 6.26. The van der Waals surface area contributed by atoms with Crippen LogP contribution in [0.1, 0.15) is 18.4 Å². The molecule has 130 valence electrons. The van der Waals surface area contributed by atoms with Crippen LogP contribution in [0.4, 0.5) is 0 Å². The predicted molar refractivity (Wildman–Crippen MR) is 99.6 cm³/mol. The summed E-state index contributed by atoms with van der Waals surface area (Å²) in [6.07, 6.45) is 3.94.